The Morgan fingerprint density at radius 2 is 1.57 bits per heavy atom. The van der Waals surface area contributed by atoms with Gasteiger partial charge >= 0.3 is 0 Å². The molecule has 0 aliphatic carbocycles. The molecular weight excluding hydrogens is 470 g/mol. The van der Waals surface area contributed by atoms with Crippen molar-refractivity contribution >= 4 is 29.4 Å². The third kappa shape index (κ3) is 6.63. The summed E-state index contributed by atoms with van der Waals surface area (Å²) in [6.07, 6.45) is 16.5. The number of hydrogen-bond acceptors (Lipinski definition) is 8. The summed E-state index contributed by atoms with van der Waals surface area (Å²) >= 11 is 0. The predicted octanol–water partition coefficient (Wildman–Crippen LogP) is 4.92. The molecule has 5 atom stereocenters. The first-order valence-electron chi connectivity index (χ1n) is 13.1. The zero-order valence-corrected chi connectivity index (χ0v) is 21.9. The van der Waals surface area contributed by atoms with Crippen molar-refractivity contribution in [2.75, 3.05) is 12.3 Å². The van der Waals surface area contributed by atoms with Crippen LogP contribution in [0.3, 0.4) is 0 Å². The maximum atomic E-state index is 9.90. The molecule has 4 heterocycles. The third-order valence-corrected chi connectivity index (χ3v) is 7.13. The summed E-state index contributed by atoms with van der Waals surface area (Å²) in [5.74, 6) is -0.365. The molecule has 0 radical (unpaired) electrons. The van der Waals surface area contributed by atoms with Crippen LogP contribution in [0.15, 0.2) is 12.7 Å². The van der Waals surface area contributed by atoms with E-state index < -0.39 is 18.1 Å². The van der Waals surface area contributed by atoms with Crippen LogP contribution < -0.4 is 5.73 Å². The second-order valence-corrected chi connectivity index (χ2v) is 9.91. The van der Waals surface area contributed by atoms with Crippen LogP contribution in [0.5, 0.6) is 0 Å². The average Bonchev–Trinajstić information content (AvgIpc) is 3.49. The topological polar surface area (TPSA) is 118 Å². The van der Waals surface area contributed by atoms with E-state index in [9.17, 15) is 5.11 Å². The summed E-state index contributed by atoms with van der Waals surface area (Å²) in [5, 5.41) is 9.90. The van der Waals surface area contributed by atoms with Crippen molar-refractivity contribution in [2.24, 2.45) is 0 Å². The van der Waals surface area contributed by atoms with E-state index in [0.29, 0.717) is 17.0 Å². The monoisotopic (exact) mass is 511 g/mol. The molecule has 2 fully saturated rings. The number of fused-ring (bicyclic) bond motifs is 2. The molecule has 0 bridgehead atoms. The molecule has 2 aromatic heterocycles. The van der Waals surface area contributed by atoms with Crippen molar-refractivity contribution in [1.82, 2.24) is 19.5 Å². The van der Waals surface area contributed by atoms with Gasteiger partial charge in [0, 0.05) is 6.42 Å². The number of halogens is 1. The average molecular weight is 512 g/mol. The maximum Gasteiger partial charge on any atom is 0.167 e. The van der Waals surface area contributed by atoms with Crippen molar-refractivity contribution in [3.8, 4) is 0 Å². The molecule has 4 rings (SSSR count). The van der Waals surface area contributed by atoms with E-state index in [2.05, 4.69) is 21.9 Å². The number of aromatic nitrogens is 4. The van der Waals surface area contributed by atoms with Crippen LogP contribution in [0.4, 0.5) is 5.82 Å². The standard InChI is InChI=1S/C25H41N5O4.ClH/c1-3-4-5-6-7-8-9-10-11-12-13-14-25(2)33-20-18(15-31)32-24(21(20)34-25)30-17-29-19-22(26)27-16-28-23(19)30;/h16-18,20-21,24,31H,3-15H2,1-2H3,(H2,26,27,28);1H/t18-,20-,21-,24-,25+;/m1./s1. The largest absolute Gasteiger partial charge is 0.394 e. The van der Waals surface area contributed by atoms with Crippen molar-refractivity contribution in [1.29, 1.82) is 0 Å². The Kier molecular flexibility index (Phi) is 10.5. The molecule has 0 unspecified atom stereocenters. The summed E-state index contributed by atoms with van der Waals surface area (Å²) in [6, 6.07) is 0. The van der Waals surface area contributed by atoms with Crippen LogP contribution in [0, 0.1) is 0 Å². The fraction of sp³-hybridized carbons (Fsp3) is 0.800. The summed E-state index contributed by atoms with van der Waals surface area (Å²) in [4.78, 5) is 12.7. The lowest BCUT2D eigenvalue weighted by atomic mass is 10.0. The van der Waals surface area contributed by atoms with Crippen LogP contribution in [-0.2, 0) is 14.2 Å². The molecule has 2 aliphatic heterocycles. The second-order valence-electron chi connectivity index (χ2n) is 9.91. The van der Waals surface area contributed by atoms with E-state index in [4.69, 9.17) is 19.9 Å². The molecule has 0 spiro atoms. The molecule has 2 aromatic rings. The van der Waals surface area contributed by atoms with Gasteiger partial charge in [0.1, 0.15) is 30.2 Å². The van der Waals surface area contributed by atoms with Gasteiger partial charge in [0.2, 0.25) is 0 Å². The van der Waals surface area contributed by atoms with Gasteiger partial charge in [-0.1, -0.05) is 71.1 Å². The SMILES string of the molecule is CCCCCCCCCCCCC[C@]1(C)O[C@@H]2[C@H](O1)[C@@H](CO)O[C@H]2n1cnc2c(N)ncnc21.Cl. The van der Waals surface area contributed by atoms with Gasteiger partial charge in [-0.05, 0) is 13.3 Å². The fourth-order valence-electron chi connectivity index (χ4n) is 5.23. The first kappa shape index (κ1) is 28.1. The highest BCUT2D eigenvalue weighted by Gasteiger charge is 2.57. The lowest BCUT2D eigenvalue weighted by Crippen LogP contribution is -2.33. The van der Waals surface area contributed by atoms with Crippen molar-refractivity contribution in [3.05, 3.63) is 12.7 Å². The number of ether oxygens (including phenoxy) is 3. The minimum atomic E-state index is -0.686. The van der Waals surface area contributed by atoms with Gasteiger partial charge in [-0.25, -0.2) is 15.0 Å². The molecule has 0 aromatic carbocycles. The molecule has 10 heteroatoms. The van der Waals surface area contributed by atoms with Gasteiger partial charge in [0.15, 0.2) is 23.5 Å². The van der Waals surface area contributed by atoms with Crippen LogP contribution in [0.2, 0.25) is 0 Å². The molecule has 0 amide bonds. The van der Waals surface area contributed by atoms with E-state index in [1.807, 2.05) is 6.92 Å². The first-order chi connectivity index (χ1) is 16.6. The summed E-state index contributed by atoms with van der Waals surface area (Å²) < 4.78 is 20.7. The molecule has 2 aliphatic rings. The number of nitrogens with zero attached hydrogens (tertiary/aromatic N) is 4. The predicted molar refractivity (Wildman–Crippen MR) is 137 cm³/mol. The summed E-state index contributed by atoms with van der Waals surface area (Å²) in [5.41, 5.74) is 7.05. The van der Waals surface area contributed by atoms with E-state index >= 15 is 0 Å². The highest BCUT2D eigenvalue weighted by molar-refractivity contribution is 5.85. The van der Waals surface area contributed by atoms with Gasteiger partial charge in [-0.3, -0.25) is 4.57 Å². The molecule has 3 N–H and O–H groups in total. The lowest BCUT2D eigenvalue weighted by Gasteiger charge is -2.27. The van der Waals surface area contributed by atoms with Gasteiger partial charge in [-0.2, -0.15) is 0 Å². The smallest absolute Gasteiger partial charge is 0.167 e. The third-order valence-electron chi connectivity index (χ3n) is 7.13. The molecule has 0 saturated carbocycles. The van der Waals surface area contributed by atoms with E-state index in [1.54, 1.807) is 10.9 Å². The normalized spacial score (nSPS) is 27.9. The summed E-state index contributed by atoms with van der Waals surface area (Å²) in [6.45, 7) is 4.12. The Balaban J connectivity index is 0.00000342. The van der Waals surface area contributed by atoms with Gasteiger partial charge in [-0.15, -0.1) is 12.4 Å². The second kappa shape index (κ2) is 13.1. The summed E-state index contributed by atoms with van der Waals surface area (Å²) in [7, 11) is 0. The number of rotatable bonds is 14. The Bertz CT molecular complexity index is 915. The molecular formula is C25H42ClN5O4. The number of aliphatic hydroxyl groups excluding tert-OH is 1. The van der Waals surface area contributed by atoms with Crippen LogP contribution >= 0.6 is 12.4 Å². The highest BCUT2D eigenvalue weighted by Crippen LogP contribution is 2.45. The first-order valence-corrected chi connectivity index (χ1v) is 13.1. The Hall–Kier alpha value is -1.52. The highest BCUT2D eigenvalue weighted by atomic mass is 35.5. The van der Waals surface area contributed by atoms with Crippen LogP contribution in [-0.4, -0.2) is 55.3 Å². The van der Waals surface area contributed by atoms with E-state index in [1.165, 1.54) is 70.5 Å². The minimum Gasteiger partial charge on any atom is -0.394 e. The minimum absolute atomic E-state index is 0. The van der Waals surface area contributed by atoms with Crippen molar-refractivity contribution in [3.63, 3.8) is 0 Å². The Morgan fingerprint density at radius 1 is 0.943 bits per heavy atom. The lowest BCUT2D eigenvalue weighted by molar-refractivity contribution is -0.213. The maximum absolute atomic E-state index is 9.90. The number of imidazole rings is 1. The van der Waals surface area contributed by atoms with Crippen molar-refractivity contribution in [2.45, 2.75) is 121 Å². The van der Waals surface area contributed by atoms with Gasteiger partial charge in [0.25, 0.3) is 0 Å². The van der Waals surface area contributed by atoms with Crippen LogP contribution in [0.25, 0.3) is 11.2 Å². The quantitative estimate of drug-likeness (QED) is 0.343. The van der Waals surface area contributed by atoms with Gasteiger partial charge < -0.3 is 25.1 Å². The zero-order valence-electron chi connectivity index (χ0n) is 21.1. The number of anilines is 1. The number of hydrogen-bond donors (Lipinski definition) is 2. The molecule has 9 nitrogen and oxygen atoms in total. The molecule has 2 saturated heterocycles. The van der Waals surface area contributed by atoms with Gasteiger partial charge in [0.05, 0.1) is 12.9 Å². The molecule has 35 heavy (non-hydrogen) atoms. The van der Waals surface area contributed by atoms with E-state index in [-0.39, 0.29) is 31.2 Å². The fourth-order valence-corrected chi connectivity index (χ4v) is 5.23. The molecule has 198 valence electrons. The number of nitrogen functional groups attached to an aromatic ring is 1. The van der Waals surface area contributed by atoms with E-state index in [0.717, 1.165) is 12.8 Å². The van der Waals surface area contributed by atoms with Crippen LogP contribution in [0.1, 0.15) is 97.1 Å². The number of unbranched alkanes of at least 4 members (excludes halogenated alkanes) is 10. The van der Waals surface area contributed by atoms with Crippen molar-refractivity contribution < 1.29 is 19.3 Å². The zero-order chi connectivity index (χ0) is 24.0. The Labute approximate surface area is 214 Å². The Morgan fingerprint density at radius 3 is 2.23 bits per heavy atom. The number of aliphatic hydroxyl groups is 1. The number of nitrogens with two attached hydrogens (primary N) is 1.